The predicted octanol–water partition coefficient (Wildman–Crippen LogP) is 1.20. The van der Waals surface area contributed by atoms with Crippen LogP contribution in [0.15, 0.2) is 22.4 Å². The molecule has 0 saturated heterocycles. The molecule has 6 nitrogen and oxygen atoms in total. The van der Waals surface area contributed by atoms with Gasteiger partial charge in [0.05, 0.1) is 18.8 Å². The number of thiazole rings is 1. The van der Waals surface area contributed by atoms with E-state index >= 15 is 0 Å². The lowest BCUT2D eigenvalue weighted by Gasteiger charge is -2.21. The van der Waals surface area contributed by atoms with E-state index in [0.29, 0.717) is 9.86 Å². The molecule has 0 aromatic carbocycles. The van der Waals surface area contributed by atoms with Crippen LogP contribution in [0.5, 0.6) is 0 Å². The van der Waals surface area contributed by atoms with Crippen LogP contribution in [0.25, 0.3) is 4.96 Å². The number of alkyl halides is 3. The lowest BCUT2D eigenvalue weighted by Crippen LogP contribution is -2.37. The van der Waals surface area contributed by atoms with Crippen molar-refractivity contribution in [2.24, 2.45) is 0 Å². The van der Waals surface area contributed by atoms with Gasteiger partial charge in [-0.2, -0.15) is 13.2 Å². The minimum absolute atomic E-state index is 0.105. The van der Waals surface area contributed by atoms with Crippen molar-refractivity contribution >= 4 is 22.3 Å². The first-order chi connectivity index (χ1) is 9.74. The number of hydrogen-bond acceptors (Lipinski definition) is 5. The largest absolute Gasteiger partial charge is 0.480 e. The third kappa shape index (κ3) is 4.26. The highest BCUT2D eigenvalue weighted by Crippen LogP contribution is 2.17. The highest BCUT2D eigenvalue weighted by molar-refractivity contribution is 7.15. The summed E-state index contributed by atoms with van der Waals surface area (Å²) >= 11 is 1.16. The van der Waals surface area contributed by atoms with E-state index in [0.717, 1.165) is 17.4 Å². The molecule has 2 rings (SSSR count). The van der Waals surface area contributed by atoms with Crippen LogP contribution in [-0.4, -0.2) is 44.6 Å². The molecule has 2 aromatic rings. The molecule has 0 saturated carbocycles. The molecule has 0 amide bonds. The number of hydrogen-bond donors (Lipinski definition) is 1. The van der Waals surface area contributed by atoms with Crippen molar-refractivity contribution < 1.29 is 23.1 Å². The van der Waals surface area contributed by atoms with Gasteiger partial charge in [0.1, 0.15) is 0 Å². The second-order valence-electron chi connectivity index (χ2n) is 4.30. The number of nitrogens with zero attached hydrogens (tertiary/aromatic N) is 3. The number of carboxylic acids is 1. The SMILES string of the molecule is O=C(O)CN(Cc1cc(=O)n2ccsc2n1)CC(F)(F)F. The molecule has 0 bridgehead atoms. The predicted molar refractivity (Wildman–Crippen MR) is 68.3 cm³/mol. The van der Waals surface area contributed by atoms with Crippen LogP contribution in [0.4, 0.5) is 13.2 Å². The summed E-state index contributed by atoms with van der Waals surface area (Å²) in [5.41, 5.74) is -0.313. The Morgan fingerprint density at radius 2 is 2.19 bits per heavy atom. The lowest BCUT2D eigenvalue weighted by molar-refractivity contribution is -0.154. The van der Waals surface area contributed by atoms with E-state index in [4.69, 9.17) is 5.11 Å². The Morgan fingerprint density at radius 1 is 1.48 bits per heavy atom. The van der Waals surface area contributed by atoms with Gasteiger partial charge >= 0.3 is 12.1 Å². The highest BCUT2D eigenvalue weighted by Gasteiger charge is 2.31. The highest BCUT2D eigenvalue weighted by atomic mass is 32.1. The Morgan fingerprint density at radius 3 is 2.81 bits per heavy atom. The molecular weight excluding hydrogens is 311 g/mol. The number of aromatic nitrogens is 2. The number of rotatable bonds is 5. The van der Waals surface area contributed by atoms with Crippen molar-refractivity contribution in [3.63, 3.8) is 0 Å². The Kier molecular flexibility index (Phi) is 4.28. The number of halogens is 3. The molecule has 0 aliphatic rings. The summed E-state index contributed by atoms with van der Waals surface area (Å²) in [4.78, 5) is 27.4. The Bertz CT molecular complexity index is 710. The molecule has 21 heavy (non-hydrogen) atoms. The third-order valence-corrected chi connectivity index (χ3v) is 3.26. The summed E-state index contributed by atoms with van der Waals surface area (Å²) in [6, 6.07) is 1.10. The Hall–Kier alpha value is -1.94. The summed E-state index contributed by atoms with van der Waals surface area (Å²) in [6.45, 7) is -2.54. The summed E-state index contributed by atoms with van der Waals surface area (Å²) < 4.78 is 38.5. The van der Waals surface area contributed by atoms with Crippen LogP contribution in [0.1, 0.15) is 5.69 Å². The normalized spacial score (nSPS) is 12.2. The Labute approximate surface area is 120 Å². The number of fused-ring (bicyclic) bond motifs is 1. The number of carboxylic acid groups (broad SMARTS) is 1. The van der Waals surface area contributed by atoms with Gasteiger partial charge in [-0.1, -0.05) is 0 Å². The average Bonchev–Trinajstić information content (AvgIpc) is 2.73. The van der Waals surface area contributed by atoms with Gasteiger partial charge < -0.3 is 5.11 Å². The average molecular weight is 321 g/mol. The standard InChI is InChI=1S/C11H10F3N3O3S/c12-11(13,14)6-16(5-9(19)20)4-7-3-8(18)17-1-2-21-10(17)15-7/h1-3H,4-6H2,(H,19,20). The Balaban J connectivity index is 2.24. The first-order valence-electron chi connectivity index (χ1n) is 5.71. The minimum atomic E-state index is -4.53. The molecule has 0 unspecified atom stereocenters. The van der Waals surface area contributed by atoms with Crippen LogP contribution in [-0.2, 0) is 11.3 Å². The quantitative estimate of drug-likeness (QED) is 0.896. The molecule has 10 heteroatoms. The molecule has 2 aromatic heterocycles. The fourth-order valence-electron chi connectivity index (χ4n) is 1.81. The van der Waals surface area contributed by atoms with Gasteiger partial charge in [0.2, 0.25) is 0 Å². The van der Waals surface area contributed by atoms with Crippen LogP contribution in [0.3, 0.4) is 0 Å². The van der Waals surface area contributed by atoms with E-state index in [1.807, 2.05) is 0 Å². The second kappa shape index (κ2) is 5.82. The lowest BCUT2D eigenvalue weighted by atomic mass is 10.3. The zero-order valence-corrected chi connectivity index (χ0v) is 11.3. The third-order valence-electron chi connectivity index (χ3n) is 2.50. The molecule has 0 atom stereocenters. The molecule has 0 fully saturated rings. The molecule has 2 heterocycles. The van der Waals surface area contributed by atoms with E-state index in [-0.39, 0.29) is 12.2 Å². The molecule has 0 radical (unpaired) electrons. The maximum atomic E-state index is 12.4. The van der Waals surface area contributed by atoms with Gasteiger partial charge in [-0.3, -0.25) is 18.9 Å². The van der Waals surface area contributed by atoms with E-state index in [2.05, 4.69) is 4.98 Å². The van der Waals surface area contributed by atoms with Crippen LogP contribution in [0.2, 0.25) is 0 Å². The molecule has 114 valence electrons. The molecule has 0 aliphatic carbocycles. The fraction of sp³-hybridized carbons (Fsp3) is 0.364. The first-order valence-corrected chi connectivity index (χ1v) is 6.59. The van der Waals surface area contributed by atoms with Crippen molar-refractivity contribution in [3.8, 4) is 0 Å². The van der Waals surface area contributed by atoms with Crippen molar-refractivity contribution in [2.75, 3.05) is 13.1 Å². The monoisotopic (exact) mass is 321 g/mol. The smallest absolute Gasteiger partial charge is 0.401 e. The van der Waals surface area contributed by atoms with Crippen molar-refractivity contribution in [2.45, 2.75) is 12.7 Å². The van der Waals surface area contributed by atoms with E-state index in [1.165, 1.54) is 10.6 Å². The topological polar surface area (TPSA) is 74.9 Å². The molecule has 0 spiro atoms. The van der Waals surface area contributed by atoms with Crippen LogP contribution >= 0.6 is 11.3 Å². The number of carbonyl (C=O) groups is 1. The van der Waals surface area contributed by atoms with E-state index in [1.54, 1.807) is 5.38 Å². The van der Waals surface area contributed by atoms with Crippen molar-refractivity contribution in [1.29, 1.82) is 0 Å². The van der Waals surface area contributed by atoms with Gasteiger partial charge in [0.15, 0.2) is 4.96 Å². The van der Waals surface area contributed by atoms with Gasteiger partial charge in [0.25, 0.3) is 5.56 Å². The maximum absolute atomic E-state index is 12.4. The molecule has 0 aliphatic heterocycles. The zero-order valence-electron chi connectivity index (χ0n) is 10.5. The summed E-state index contributed by atoms with van der Waals surface area (Å²) in [6.07, 6.45) is -3.03. The van der Waals surface area contributed by atoms with Crippen molar-refractivity contribution in [1.82, 2.24) is 14.3 Å². The second-order valence-corrected chi connectivity index (χ2v) is 5.17. The molecule has 1 N–H and O–H groups in total. The van der Waals surface area contributed by atoms with Gasteiger partial charge in [-0.05, 0) is 0 Å². The van der Waals surface area contributed by atoms with Gasteiger partial charge in [0, 0.05) is 24.2 Å². The van der Waals surface area contributed by atoms with Gasteiger partial charge in [-0.15, -0.1) is 11.3 Å². The summed E-state index contributed by atoms with van der Waals surface area (Å²) in [5, 5.41) is 10.3. The zero-order chi connectivity index (χ0) is 15.6. The van der Waals surface area contributed by atoms with E-state index < -0.39 is 30.8 Å². The summed E-state index contributed by atoms with van der Waals surface area (Å²) in [7, 11) is 0. The molecular formula is C11H10F3N3O3S. The van der Waals surface area contributed by atoms with Gasteiger partial charge in [-0.25, -0.2) is 4.98 Å². The van der Waals surface area contributed by atoms with E-state index in [9.17, 15) is 22.8 Å². The minimum Gasteiger partial charge on any atom is -0.480 e. The summed E-state index contributed by atoms with van der Waals surface area (Å²) in [5.74, 6) is -1.38. The number of aliphatic carboxylic acids is 1. The maximum Gasteiger partial charge on any atom is 0.401 e. The van der Waals surface area contributed by atoms with Crippen LogP contribution < -0.4 is 5.56 Å². The van der Waals surface area contributed by atoms with Crippen LogP contribution in [0, 0.1) is 0 Å². The first kappa shape index (κ1) is 15.4. The van der Waals surface area contributed by atoms with Crippen molar-refractivity contribution in [3.05, 3.63) is 33.7 Å². The fourth-order valence-corrected chi connectivity index (χ4v) is 2.55.